The lowest BCUT2D eigenvalue weighted by Gasteiger charge is -2.19. The third-order valence-electron chi connectivity index (χ3n) is 6.06. The quantitative estimate of drug-likeness (QED) is 0.375. The molecule has 0 radical (unpaired) electrons. The minimum Gasteiger partial charge on any atom is -0.484 e. The van der Waals surface area contributed by atoms with E-state index in [4.69, 9.17) is 9.26 Å². The number of hydrogen-bond acceptors (Lipinski definition) is 7. The van der Waals surface area contributed by atoms with Gasteiger partial charge in [-0.05, 0) is 49.2 Å². The summed E-state index contributed by atoms with van der Waals surface area (Å²) in [7, 11) is 0. The van der Waals surface area contributed by atoms with Gasteiger partial charge in [-0.3, -0.25) is 9.80 Å². The molecule has 0 saturated heterocycles. The van der Waals surface area contributed by atoms with Crippen LogP contribution in [0.3, 0.4) is 0 Å². The molecular weight excluding hydrogens is 482 g/mol. The van der Waals surface area contributed by atoms with E-state index in [1.54, 1.807) is 23.4 Å². The molecule has 2 aromatic carbocycles. The van der Waals surface area contributed by atoms with Gasteiger partial charge in [0.1, 0.15) is 17.3 Å². The highest BCUT2D eigenvalue weighted by atomic mass is 19.2. The molecule has 1 amide bonds. The van der Waals surface area contributed by atoms with Crippen molar-refractivity contribution in [2.24, 2.45) is 5.10 Å². The molecule has 1 saturated carbocycles. The highest BCUT2D eigenvalue weighted by Gasteiger charge is 2.23. The number of ether oxygens (including phenoxy) is 1. The summed E-state index contributed by atoms with van der Waals surface area (Å²) in [5.74, 6) is -0.564. The van der Waals surface area contributed by atoms with Crippen molar-refractivity contribution >= 4 is 12.1 Å². The van der Waals surface area contributed by atoms with Crippen molar-refractivity contribution in [2.45, 2.75) is 32.0 Å². The lowest BCUT2D eigenvalue weighted by molar-refractivity contribution is -0.123. The third kappa shape index (κ3) is 5.06. The van der Waals surface area contributed by atoms with Crippen LogP contribution in [-0.4, -0.2) is 44.9 Å². The van der Waals surface area contributed by atoms with E-state index in [0.29, 0.717) is 47.7 Å². The lowest BCUT2D eigenvalue weighted by atomic mass is 10.1. The standard InChI is InChI=1S/C26H22F2N6O3/c27-20-3-1-2-19(25(20)28)26-31-22-11-29-34(13-23(22)32-26)12-18-10-21(33-37-18)15-4-8-17(9-5-15)36-14-24(35)30-16-6-7-16/h1-5,8-11,16H,6-7,12-14H2,(H,30,35)(H,31,32). The number of hydrogen-bond donors (Lipinski definition) is 2. The van der Waals surface area contributed by atoms with E-state index < -0.39 is 11.6 Å². The topological polar surface area (TPSA) is 109 Å². The minimum atomic E-state index is -0.949. The SMILES string of the molecule is O=C(COc1ccc(-c2cc(CN3Cc4nc(-c5cccc(F)c5F)[nH]c4C=N3)on2)cc1)NC1CC1. The monoisotopic (exact) mass is 504 g/mol. The van der Waals surface area contributed by atoms with Crippen LogP contribution in [0.2, 0.25) is 0 Å². The fraction of sp³-hybridized carbons (Fsp3) is 0.231. The number of H-pyrrole nitrogens is 1. The van der Waals surface area contributed by atoms with Crippen molar-refractivity contribution in [3.05, 3.63) is 77.3 Å². The molecule has 11 heteroatoms. The Labute approximate surface area is 210 Å². The second-order valence-electron chi connectivity index (χ2n) is 8.95. The van der Waals surface area contributed by atoms with Gasteiger partial charge in [-0.2, -0.15) is 5.10 Å². The van der Waals surface area contributed by atoms with Crippen molar-refractivity contribution in [2.75, 3.05) is 6.61 Å². The molecule has 0 bridgehead atoms. The number of aromatic nitrogens is 3. The summed E-state index contributed by atoms with van der Waals surface area (Å²) in [5, 5.41) is 13.2. The Balaban J connectivity index is 1.07. The van der Waals surface area contributed by atoms with Crippen molar-refractivity contribution < 1.29 is 22.8 Å². The van der Waals surface area contributed by atoms with Gasteiger partial charge in [-0.15, -0.1) is 0 Å². The maximum absolute atomic E-state index is 14.2. The van der Waals surface area contributed by atoms with Gasteiger partial charge in [-0.25, -0.2) is 13.8 Å². The van der Waals surface area contributed by atoms with Crippen LogP contribution in [-0.2, 0) is 17.9 Å². The molecule has 0 unspecified atom stereocenters. The summed E-state index contributed by atoms with van der Waals surface area (Å²) in [6.45, 7) is 0.684. The molecule has 1 aliphatic heterocycles. The van der Waals surface area contributed by atoms with Crippen LogP contribution in [0.4, 0.5) is 8.78 Å². The second-order valence-corrected chi connectivity index (χ2v) is 8.95. The van der Waals surface area contributed by atoms with Gasteiger partial charge in [0.15, 0.2) is 24.0 Å². The van der Waals surface area contributed by atoms with Gasteiger partial charge in [0, 0.05) is 17.7 Å². The number of nitrogens with zero attached hydrogens (tertiary/aromatic N) is 4. The van der Waals surface area contributed by atoms with Crippen LogP contribution in [0.25, 0.3) is 22.6 Å². The van der Waals surface area contributed by atoms with Crippen molar-refractivity contribution in [3.63, 3.8) is 0 Å². The molecule has 188 valence electrons. The van der Waals surface area contributed by atoms with E-state index in [-0.39, 0.29) is 23.9 Å². The summed E-state index contributed by atoms with van der Waals surface area (Å²) in [5.41, 5.74) is 2.85. The van der Waals surface area contributed by atoms with E-state index in [9.17, 15) is 13.6 Å². The predicted molar refractivity (Wildman–Crippen MR) is 129 cm³/mol. The summed E-state index contributed by atoms with van der Waals surface area (Å²) < 4.78 is 38.8. The molecule has 2 N–H and O–H groups in total. The number of imidazole rings is 1. The average molecular weight is 504 g/mol. The van der Waals surface area contributed by atoms with Gasteiger partial charge < -0.3 is 19.6 Å². The van der Waals surface area contributed by atoms with Crippen LogP contribution in [0, 0.1) is 11.6 Å². The van der Waals surface area contributed by atoms with Crippen molar-refractivity contribution in [3.8, 4) is 28.4 Å². The number of aromatic amines is 1. The average Bonchev–Trinajstić information content (AvgIpc) is 3.42. The zero-order valence-electron chi connectivity index (χ0n) is 19.6. The van der Waals surface area contributed by atoms with Crippen LogP contribution in [0.5, 0.6) is 5.75 Å². The molecule has 1 fully saturated rings. The number of carbonyl (C=O) groups excluding carboxylic acids is 1. The smallest absolute Gasteiger partial charge is 0.258 e. The maximum atomic E-state index is 14.2. The number of fused-ring (bicyclic) bond motifs is 1. The van der Waals surface area contributed by atoms with E-state index in [0.717, 1.165) is 24.5 Å². The van der Waals surface area contributed by atoms with Crippen LogP contribution >= 0.6 is 0 Å². The number of carbonyl (C=O) groups is 1. The lowest BCUT2D eigenvalue weighted by Crippen LogP contribution is -2.30. The first kappa shape index (κ1) is 22.9. The minimum absolute atomic E-state index is 0.0172. The number of nitrogens with one attached hydrogen (secondary N) is 2. The molecule has 2 aliphatic rings. The Bertz CT molecular complexity index is 1480. The highest BCUT2D eigenvalue weighted by molar-refractivity contribution is 5.81. The van der Waals surface area contributed by atoms with E-state index >= 15 is 0 Å². The molecule has 9 nitrogen and oxygen atoms in total. The summed E-state index contributed by atoms with van der Waals surface area (Å²) in [6.07, 6.45) is 3.66. The zero-order valence-corrected chi connectivity index (χ0v) is 19.6. The van der Waals surface area contributed by atoms with Gasteiger partial charge in [0.05, 0.1) is 36.3 Å². The van der Waals surface area contributed by atoms with Crippen molar-refractivity contribution in [1.29, 1.82) is 0 Å². The van der Waals surface area contributed by atoms with Gasteiger partial charge in [-0.1, -0.05) is 11.2 Å². The van der Waals surface area contributed by atoms with Gasteiger partial charge in [0.25, 0.3) is 5.91 Å². The largest absolute Gasteiger partial charge is 0.484 e. The van der Waals surface area contributed by atoms with Crippen molar-refractivity contribution in [1.82, 2.24) is 25.5 Å². The highest BCUT2D eigenvalue weighted by Crippen LogP contribution is 2.27. The number of amides is 1. The van der Waals surface area contributed by atoms with Crippen LogP contribution < -0.4 is 10.1 Å². The molecule has 3 heterocycles. The van der Waals surface area contributed by atoms with Gasteiger partial charge >= 0.3 is 0 Å². The zero-order chi connectivity index (χ0) is 25.4. The Morgan fingerprint density at radius 2 is 2.03 bits per heavy atom. The van der Waals surface area contributed by atoms with Crippen LogP contribution in [0.15, 0.2) is 58.2 Å². The molecule has 6 rings (SSSR count). The summed E-state index contributed by atoms with van der Waals surface area (Å²) in [4.78, 5) is 19.2. The van der Waals surface area contributed by atoms with E-state index in [1.165, 1.54) is 12.1 Å². The fourth-order valence-corrected chi connectivity index (χ4v) is 3.99. The third-order valence-corrected chi connectivity index (χ3v) is 6.06. The molecule has 2 aromatic heterocycles. The summed E-state index contributed by atoms with van der Waals surface area (Å²) >= 11 is 0. The maximum Gasteiger partial charge on any atom is 0.258 e. The molecule has 37 heavy (non-hydrogen) atoms. The number of benzene rings is 2. The Kier molecular flexibility index (Phi) is 5.87. The second kappa shape index (κ2) is 9.49. The molecule has 0 atom stereocenters. The number of rotatable bonds is 8. The molecule has 1 aliphatic carbocycles. The first-order chi connectivity index (χ1) is 18.0. The molecule has 0 spiro atoms. The fourth-order valence-electron chi connectivity index (χ4n) is 3.99. The number of hydrazone groups is 1. The first-order valence-corrected chi connectivity index (χ1v) is 11.8. The normalized spacial score (nSPS) is 14.5. The number of halogens is 2. The molecule has 4 aromatic rings. The Morgan fingerprint density at radius 3 is 2.84 bits per heavy atom. The van der Waals surface area contributed by atoms with E-state index in [2.05, 4.69) is 25.5 Å². The first-order valence-electron chi connectivity index (χ1n) is 11.8. The van der Waals surface area contributed by atoms with E-state index in [1.807, 2.05) is 18.2 Å². The summed E-state index contributed by atoms with van der Waals surface area (Å²) in [6, 6.07) is 13.3. The Hall–Kier alpha value is -4.54. The van der Waals surface area contributed by atoms with Crippen LogP contribution in [0.1, 0.15) is 30.0 Å². The molecular formula is C26H22F2N6O3. The predicted octanol–water partition coefficient (Wildman–Crippen LogP) is 4.02. The van der Waals surface area contributed by atoms with Gasteiger partial charge in [0.2, 0.25) is 0 Å². The Morgan fingerprint density at radius 1 is 1.19 bits per heavy atom.